The van der Waals surface area contributed by atoms with Gasteiger partial charge in [-0.1, -0.05) is 78.8 Å². The van der Waals surface area contributed by atoms with Crippen molar-refractivity contribution in [2.75, 3.05) is 0 Å². The highest BCUT2D eigenvalue weighted by Crippen LogP contribution is 2.46. The fourth-order valence-electron chi connectivity index (χ4n) is 2.38. The molecule has 1 aromatic rings. The molecule has 0 aliphatic heterocycles. The maximum absolute atomic E-state index is 2.42. The second-order valence-electron chi connectivity index (χ2n) is 8.01. The minimum atomic E-state index is 0.238. The molecule has 0 saturated carbocycles. The molecule has 0 aromatic heterocycles. The monoisotopic (exact) mass is 246 g/mol. The number of rotatable bonds is 3. The van der Waals surface area contributed by atoms with Crippen LogP contribution >= 0.6 is 0 Å². The molecule has 0 unspecified atom stereocenters. The lowest BCUT2D eigenvalue weighted by molar-refractivity contribution is 0.164. The van der Waals surface area contributed by atoms with Crippen LogP contribution in [0.3, 0.4) is 0 Å². The highest BCUT2D eigenvalue weighted by Gasteiger charge is 2.39. The fraction of sp³-hybridized carbons (Fsp3) is 0.667. The van der Waals surface area contributed by atoms with Crippen LogP contribution in [0, 0.1) is 10.8 Å². The second kappa shape index (κ2) is 5.07. The van der Waals surface area contributed by atoms with Crippen LogP contribution in [0.15, 0.2) is 30.3 Å². The number of hydrogen-bond acceptors (Lipinski definition) is 0. The van der Waals surface area contributed by atoms with Crippen LogP contribution in [0.25, 0.3) is 0 Å². The summed E-state index contributed by atoms with van der Waals surface area (Å²) >= 11 is 0. The normalized spacial score (nSPS) is 16.4. The Morgan fingerprint density at radius 3 is 1.61 bits per heavy atom. The van der Waals surface area contributed by atoms with E-state index in [9.17, 15) is 0 Å². The van der Waals surface area contributed by atoms with E-state index in [1.165, 1.54) is 18.4 Å². The average molecular weight is 246 g/mol. The Bertz CT molecular complexity index is 361. The van der Waals surface area contributed by atoms with Crippen molar-refractivity contribution in [1.29, 1.82) is 0 Å². The van der Waals surface area contributed by atoms with Crippen molar-refractivity contribution >= 4 is 0 Å². The van der Waals surface area contributed by atoms with E-state index in [4.69, 9.17) is 0 Å². The van der Waals surface area contributed by atoms with E-state index < -0.39 is 0 Å². The lowest BCUT2D eigenvalue weighted by Crippen LogP contribution is -2.38. The molecule has 0 radical (unpaired) electrons. The third-order valence-corrected chi connectivity index (χ3v) is 4.44. The summed E-state index contributed by atoms with van der Waals surface area (Å²) in [6, 6.07) is 11.0. The van der Waals surface area contributed by atoms with Crippen molar-refractivity contribution in [1.82, 2.24) is 0 Å². The van der Waals surface area contributed by atoms with Crippen molar-refractivity contribution in [3.8, 4) is 0 Å². The second-order valence-corrected chi connectivity index (χ2v) is 8.01. The first-order valence-electron chi connectivity index (χ1n) is 7.12. The molecular formula is C18H30. The molecule has 0 aliphatic rings. The molecule has 0 fully saturated rings. The highest BCUT2D eigenvalue weighted by molar-refractivity contribution is 5.27. The Morgan fingerprint density at radius 1 is 0.722 bits per heavy atom. The van der Waals surface area contributed by atoms with Crippen LogP contribution in [0.2, 0.25) is 0 Å². The molecule has 0 bridgehead atoms. The zero-order valence-electron chi connectivity index (χ0n) is 13.3. The van der Waals surface area contributed by atoms with E-state index in [2.05, 4.69) is 78.8 Å². The Kier molecular flexibility index (Phi) is 4.30. The summed E-state index contributed by atoms with van der Waals surface area (Å²) < 4.78 is 0. The predicted molar refractivity (Wildman–Crippen MR) is 81.9 cm³/mol. The molecule has 1 rings (SSSR count). The molecule has 0 spiro atoms. The number of benzene rings is 1. The van der Waals surface area contributed by atoms with Crippen LogP contribution in [-0.4, -0.2) is 0 Å². The molecule has 0 amide bonds. The Hall–Kier alpha value is -0.780. The zero-order valence-corrected chi connectivity index (χ0v) is 13.3. The van der Waals surface area contributed by atoms with E-state index in [-0.39, 0.29) is 10.8 Å². The fourth-order valence-corrected chi connectivity index (χ4v) is 2.38. The van der Waals surface area contributed by atoms with Gasteiger partial charge in [0.1, 0.15) is 0 Å². The molecule has 0 saturated heterocycles. The van der Waals surface area contributed by atoms with Crippen LogP contribution in [-0.2, 0) is 5.41 Å². The first-order valence-corrected chi connectivity index (χ1v) is 7.12. The minimum absolute atomic E-state index is 0.238. The van der Waals surface area contributed by atoms with E-state index in [0.29, 0.717) is 5.41 Å². The van der Waals surface area contributed by atoms with Gasteiger partial charge >= 0.3 is 0 Å². The van der Waals surface area contributed by atoms with Gasteiger partial charge < -0.3 is 0 Å². The maximum atomic E-state index is 2.42. The Morgan fingerprint density at radius 2 is 1.22 bits per heavy atom. The summed E-state index contributed by atoms with van der Waals surface area (Å²) in [4.78, 5) is 0. The van der Waals surface area contributed by atoms with Crippen LogP contribution < -0.4 is 0 Å². The van der Waals surface area contributed by atoms with E-state index >= 15 is 0 Å². The SMILES string of the molecule is CC(C)(C)CC[C@](C)(c1ccccc1)C(C)(C)C. The molecule has 0 heterocycles. The van der Waals surface area contributed by atoms with Gasteiger partial charge in [0, 0.05) is 0 Å². The van der Waals surface area contributed by atoms with Crippen LogP contribution in [0.4, 0.5) is 0 Å². The molecule has 0 N–H and O–H groups in total. The summed E-state index contributed by atoms with van der Waals surface area (Å²) in [6.07, 6.45) is 2.50. The third kappa shape index (κ3) is 3.60. The topological polar surface area (TPSA) is 0 Å². The quantitative estimate of drug-likeness (QED) is 0.630. The lowest BCUT2D eigenvalue weighted by Gasteiger charge is -2.44. The van der Waals surface area contributed by atoms with E-state index in [0.717, 1.165) is 0 Å². The summed E-state index contributed by atoms with van der Waals surface area (Å²) in [7, 11) is 0. The third-order valence-electron chi connectivity index (χ3n) is 4.44. The van der Waals surface area contributed by atoms with Gasteiger partial charge in [0.15, 0.2) is 0 Å². The predicted octanol–water partition coefficient (Wildman–Crippen LogP) is 5.82. The molecule has 0 heteroatoms. The van der Waals surface area contributed by atoms with Gasteiger partial charge in [-0.2, -0.15) is 0 Å². The Labute approximate surface area is 114 Å². The van der Waals surface area contributed by atoms with Gasteiger partial charge in [-0.05, 0) is 34.7 Å². The van der Waals surface area contributed by atoms with Crippen LogP contribution in [0.1, 0.15) is 66.9 Å². The highest BCUT2D eigenvalue weighted by atomic mass is 14.4. The van der Waals surface area contributed by atoms with Crippen molar-refractivity contribution in [2.24, 2.45) is 10.8 Å². The molecule has 0 nitrogen and oxygen atoms in total. The standard InChI is InChI=1S/C18H30/c1-16(2,3)13-14-18(7,17(4,5)6)15-11-9-8-10-12-15/h8-12H,13-14H2,1-7H3/t18-/m1/s1. The first kappa shape index (κ1) is 15.3. The molecular weight excluding hydrogens is 216 g/mol. The van der Waals surface area contributed by atoms with E-state index in [1.54, 1.807) is 0 Å². The molecule has 1 aromatic carbocycles. The van der Waals surface area contributed by atoms with Crippen molar-refractivity contribution in [3.63, 3.8) is 0 Å². The van der Waals surface area contributed by atoms with Crippen molar-refractivity contribution in [3.05, 3.63) is 35.9 Å². The summed E-state index contributed by atoms with van der Waals surface area (Å²) in [5.74, 6) is 0. The van der Waals surface area contributed by atoms with Gasteiger partial charge in [-0.15, -0.1) is 0 Å². The lowest BCUT2D eigenvalue weighted by atomic mass is 9.60. The van der Waals surface area contributed by atoms with Gasteiger partial charge in [0.2, 0.25) is 0 Å². The molecule has 18 heavy (non-hydrogen) atoms. The van der Waals surface area contributed by atoms with Crippen molar-refractivity contribution in [2.45, 2.75) is 66.7 Å². The maximum Gasteiger partial charge on any atom is -0.00266 e. The molecule has 1 atom stereocenters. The smallest absolute Gasteiger partial charge is 0.00266 e. The van der Waals surface area contributed by atoms with Gasteiger partial charge in [0.25, 0.3) is 0 Å². The van der Waals surface area contributed by atoms with E-state index in [1.807, 2.05) is 0 Å². The Balaban J connectivity index is 3.05. The summed E-state index contributed by atoms with van der Waals surface area (Å²) in [5.41, 5.74) is 2.39. The van der Waals surface area contributed by atoms with Gasteiger partial charge in [-0.3, -0.25) is 0 Å². The average Bonchev–Trinajstić information content (AvgIpc) is 2.24. The van der Waals surface area contributed by atoms with Crippen LogP contribution in [0.5, 0.6) is 0 Å². The first-order chi connectivity index (χ1) is 8.06. The summed E-state index contributed by atoms with van der Waals surface area (Å²) in [5, 5.41) is 0. The molecule has 0 aliphatic carbocycles. The summed E-state index contributed by atoms with van der Waals surface area (Å²) in [6.45, 7) is 16.5. The van der Waals surface area contributed by atoms with Gasteiger partial charge in [-0.25, -0.2) is 0 Å². The largest absolute Gasteiger partial charge is 0.0622 e. The minimum Gasteiger partial charge on any atom is -0.0622 e. The van der Waals surface area contributed by atoms with Crippen molar-refractivity contribution < 1.29 is 0 Å². The zero-order chi connectivity index (χ0) is 14.0. The van der Waals surface area contributed by atoms with Gasteiger partial charge in [0.05, 0.1) is 0 Å². The number of hydrogen-bond donors (Lipinski definition) is 0. The molecule has 102 valence electrons.